The molecular formula is C8H6ClNO. The SMILES string of the molecule is Cc1ccnc2cc(Cl)oc12. The van der Waals surface area contributed by atoms with E-state index >= 15 is 0 Å². The molecule has 0 aromatic carbocycles. The maximum absolute atomic E-state index is 5.65. The highest BCUT2D eigenvalue weighted by atomic mass is 35.5. The average molecular weight is 168 g/mol. The van der Waals surface area contributed by atoms with Crippen molar-refractivity contribution in [2.45, 2.75) is 6.92 Å². The van der Waals surface area contributed by atoms with Gasteiger partial charge in [0, 0.05) is 12.3 Å². The van der Waals surface area contributed by atoms with Gasteiger partial charge in [0.2, 0.25) is 0 Å². The van der Waals surface area contributed by atoms with E-state index in [0.717, 1.165) is 16.7 Å². The second-order valence-corrected chi connectivity index (χ2v) is 2.77. The number of furan rings is 1. The van der Waals surface area contributed by atoms with Crippen molar-refractivity contribution in [2.75, 3.05) is 0 Å². The van der Waals surface area contributed by atoms with Crippen LogP contribution in [0, 0.1) is 6.92 Å². The molecule has 56 valence electrons. The number of nitrogens with zero attached hydrogens (tertiary/aromatic N) is 1. The maximum atomic E-state index is 5.65. The monoisotopic (exact) mass is 167 g/mol. The highest BCUT2D eigenvalue weighted by Crippen LogP contribution is 2.23. The highest BCUT2D eigenvalue weighted by Gasteiger charge is 2.03. The summed E-state index contributed by atoms with van der Waals surface area (Å²) in [5.41, 5.74) is 2.65. The zero-order valence-corrected chi connectivity index (χ0v) is 6.72. The normalized spacial score (nSPS) is 10.7. The fourth-order valence-electron chi connectivity index (χ4n) is 1.04. The standard InChI is InChI=1S/C8H6ClNO/c1-5-2-3-10-6-4-7(9)11-8(5)6/h2-4H,1H3. The van der Waals surface area contributed by atoms with E-state index in [0.29, 0.717) is 5.22 Å². The minimum absolute atomic E-state index is 0.391. The smallest absolute Gasteiger partial charge is 0.196 e. The van der Waals surface area contributed by atoms with Crippen LogP contribution in [0.3, 0.4) is 0 Å². The molecule has 0 saturated carbocycles. The zero-order valence-electron chi connectivity index (χ0n) is 5.97. The van der Waals surface area contributed by atoms with Crippen LogP contribution in [0.25, 0.3) is 11.1 Å². The highest BCUT2D eigenvalue weighted by molar-refractivity contribution is 6.29. The number of hydrogen-bond donors (Lipinski definition) is 0. The van der Waals surface area contributed by atoms with Gasteiger partial charge in [-0.2, -0.15) is 0 Å². The lowest BCUT2D eigenvalue weighted by atomic mass is 10.3. The first kappa shape index (κ1) is 6.68. The summed E-state index contributed by atoms with van der Waals surface area (Å²) >= 11 is 5.65. The van der Waals surface area contributed by atoms with Crippen LogP contribution in [0.1, 0.15) is 5.56 Å². The van der Waals surface area contributed by atoms with Crippen LogP contribution >= 0.6 is 11.6 Å². The Labute approximate surface area is 68.8 Å². The number of fused-ring (bicyclic) bond motifs is 1. The molecule has 0 saturated heterocycles. The summed E-state index contributed by atoms with van der Waals surface area (Å²) in [6, 6.07) is 3.60. The molecule has 2 heterocycles. The second kappa shape index (κ2) is 2.24. The Hall–Kier alpha value is -1.02. The number of pyridine rings is 1. The van der Waals surface area contributed by atoms with E-state index in [1.165, 1.54) is 0 Å². The molecule has 0 spiro atoms. The van der Waals surface area contributed by atoms with Gasteiger partial charge in [-0.3, -0.25) is 4.98 Å². The molecule has 2 nitrogen and oxygen atoms in total. The van der Waals surface area contributed by atoms with Crippen molar-refractivity contribution in [1.82, 2.24) is 4.98 Å². The Kier molecular flexibility index (Phi) is 1.36. The minimum Gasteiger partial charge on any atom is -0.443 e. The van der Waals surface area contributed by atoms with E-state index in [1.54, 1.807) is 12.3 Å². The van der Waals surface area contributed by atoms with E-state index in [1.807, 2.05) is 13.0 Å². The predicted molar refractivity (Wildman–Crippen MR) is 43.8 cm³/mol. The van der Waals surface area contributed by atoms with Gasteiger partial charge in [0.25, 0.3) is 0 Å². The second-order valence-electron chi connectivity index (χ2n) is 2.39. The van der Waals surface area contributed by atoms with Crippen molar-refractivity contribution in [1.29, 1.82) is 0 Å². The lowest BCUT2D eigenvalue weighted by Crippen LogP contribution is -1.74. The van der Waals surface area contributed by atoms with E-state index in [-0.39, 0.29) is 0 Å². The van der Waals surface area contributed by atoms with E-state index in [4.69, 9.17) is 16.0 Å². The topological polar surface area (TPSA) is 26.0 Å². The molecule has 0 aliphatic carbocycles. The molecule has 0 N–H and O–H groups in total. The molecular weight excluding hydrogens is 162 g/mol. The lowest BCUT2D eigenvalue weighted by molar-refractivity contribution is 0.615. The first-order valence-electron chi connectivity index (χ1n) is 3.28. The molecule has 11 heavy (non-hydrogen) atoms. The van der Waals surface area contributed by atoms with Crippen LogP contribution in [-0.2, 0) is 0 Å². The third kappa shape index (κ3) is 0.994. The molecule has 3 heteroatoms. The molecule has 0 unspecified atom stereocenters. The number of hydrogen-bond acceptors (Lipinski definition) is 2. The molecule has 0 fully saturated rings. The van der Waals surface area contributed by atoms with Crippen molar-refractivity contribution < 1.29 is 4.42 Å². The Balaban J connectivity index is 2.90. The molecule has 0 amide bonds. The zero-order chi connectivity index (χ0) is 7.84. The van der Waals surface area contributed by atoms with Gasteiger partial charge in [-0.05, 0) is 30.2 Å². The molecule has 2 aromatic heterocycles. The van der Waals surface area contributed by atoms with Gasteiger partial charge in [0.15, 0.2) is 10.8 Å². The van der Waals surface area contributed by atoms with Crippen molar-refractivity contribution in [3.63, 3.8) is 0 Å². The maximum Gasteiger partial charge on any atom is 0.196 e. The van der Waals surface area contributed by atoms with Gasteiger partial charge >= 0.3 is 0 Å². The number of halogens is 1. The fraction of sp³-hybridized carbons (Fsp3) is 0.125. The van der Waals surface area contributed by atoms with Crippen molar-refractivity contribution in [3.05, 3.63) is 29.1 Å². The van der Waals surface area contributed by atoms with E-state index < -0.39 is 0 Å². The van der Waals surface area contributed by atoms with E-state index in [2.05, 4.69) is 4.98 Å². The van der Waals surface area contributed by atoms with Crippen LogP contribution in [0.5, 0.6) is 0 Å². The van der Waals surface area contributed by atoms with Crippen LogP contribution < -0.4 is 0 Å². The first-order valence-corrected chi connectivity index (χ1v) is 3.66. The summed E-state index contributed by atoms with van der Waals surface area (Å²) in [6.07, 6.45) is 1.74. The molecule has 0 radical (unpaired) electrons. The van der Waals surface area contributed by atoms with Crippen LogP contribution in [0.15, 0.2) is 22.7 Å². The van der Waals surface area contributed by atoms with Gasteiger partial charge in [0.1, 0.15) is 5.52 Å². The summed E-state index contributed by atoms with van der Waals surface area (Å²) in [5, 5.41) is 0.391. The van der Waals surface area contributed by atoms with Gasteiger partial charge in [-0.1, -0.05) is 0 Å². The first-order chi connectivity index (χ1) is 5.27. The van der Waals surface area contributed by atoms with Gasteiger partial charge in [0.05, 0.1) is 0 Å². The average Bonchev–Trinajstić information content (AvgIpc) is 2.31. The van der Waals surface area contributed by atoms with Crippen molar-refractivity contribution in [2.24, 2.45) is 0 Å². The lowest BCUT2D eigenvalue weighted by Gasteiger charge is -1.89. The van der Waals surface area contributed by atoms with Crippen molar-refractivity contribution in [3.8, 4) is 0 Å². The molecule has 2 rings (SSSR count). The molecule has 0 atom stereocenters. The molecule has 0 aliphatic rings. The summed E-state index contributed by atoms with van der Waals surface area (Å²) in [5.74, 6) is 0. The Morgan fingerprint density at radius 2 is 2.36 bits per heavy atom. The van der Waals surface area contributed by atoms with Gasteiger partial charge in [-0.15, -0.1) is 0 Å². The van der Waals surface area contributed by atoms with Crippen LogP contribution in [0.4, 0.5) is 0 Å². The summed E-state index contributed by atoms with van der Waals surface area (Å²) in [7, 11) is 0. The minimum atomic E-state index is 0.391. The quantitative estimate of drug-likeness (QED) is 0.603. The third-order valence-corrected chi connectivity index (χ3v) is 1.76. The van der Waals surface area contributed by atoms with Crippen LogP contribution in [0.2, 0.25) is 5.22 Å². The van der Waals surface area contributed by atoms with Crippen molar-refractivity contribution >= 4 is 22.7 Å². The van der Waals surface area contributed by atoms with Gasteiger partial charge < -0.3 is 4.42 Å². The Bertz CT molecular complexity index is 394. The summed E-state index contributed by atoms with van der Waals surface area (Å²) < 4.78 is 5.20. The fourth-order valence-corrected chi connectivity index (χ4v) is 1.22. The predicted octanol–water partition coefficient (Wildman–Crippen LogP) is 2.79. The Morgan fingerprint density at radius 3 is 3.09 bits per heavy atom. The molecule has 0 aliphatic heterocycles. The number of aryl methyl sites for hydroxylation is 1. The summed E-state index contributed by atoms with van der Waals surface area (Å²) in [6.45, 7) is 1.96. The summed E-state index contributed by atoms with van der Waals surface area (Å²) in [4.78, 5) is 4.08. The number of rotatable bonds is 0. The molecule has 0 bridgehead atoms. The van der Waals surface area contributed by atoms with Gasteiger partial charge in [-0.25, -0.2) is 0 Å². The largest absolute Gasteiger partial charge is 0.443 e. The number of aromatic nitrogens is 1. The van der Waals surface area contributed by atoms with Crippen LogP contribution in [-0.4, -0.2) is 4.98 Å². The van der Waals surface area contributed by atoms with E-state index in [9.17, 15) is 0 Å². The Morgan fingerprint density at radius 1 is 1.55 bits per heavy atom. The molecule has 2 aromatic rings. The third-order valence-electron chi connectivity index (χ3n) is 1.58.